The number of carbonyl (C=O) groups excluding carboxylic acids is 2. The minimum Gasteiger partial charge on any atom is -0.353 e. The van der Waals surface area contributed by atoms with E-state index in [1.807, 2.05) is 30.1 Å². The van der Waals surface area contributed by atoms with E-state index in [0.29, 0.717) is 12.6 Å². The maximum atomic E-state index is 13.4. The zero-order valence-electron chi connectivity index (χ0n) is 21.5. The summed E-state index contributed by atoms with van der Waals surface area (Å²) in [5.41, 5.74) is 6.14. The van der Waals surface area contributed by atoms with Crippen LogP contribution in [0.4, 0.5) is 5.69 Å². The van der Waals surface area contributed by atoms with E-state index in [0.717, 1.165) is 44.6 Å². The van der Waals surface area contributed by atoms with Crippen molar-refractivity contribution in [1.82, 2.24) is 20.7 Å². The fourth-order valence-electron chi connectivity index (χ4n) is 4.86. The summed E-state index contributed by atoms with van der Waals surface area (Å²) in [6.45, 7) is 7.24. The van der Waals surface area contributed by atoms with Crippen LogP contribution in [0, 0.1) is 0 Å². The van der Waals surface area contributed by atoms with Crippen molar-refractivity contribution in [2.45, 2.75) is 52.2 Å². The van der Waals surface area contributed by atoms with E-state index in [1.165, 1.54) is 22.3 Å². The summed E-state index contributed by atoms with van der Waals surface area (Å²) in [5.74, 6) is -0.0807. The van der Waals surface area contributed by atoms with Gasteiger partial charge < -0.3 is 15.5 Å². The summed E-state index contributed by atoms with van der Waals surface area (Å²) in [4.78, 5) is 28.2. The van der Waals surface area contributed by atoms with Crippen molar-refractivity contribution in [3.05, 3.63) is 64.7 Å². The predicted molar refractivity (Wildman–Crippen MR) is 150 cm³/mol. The number of carbonyl (C=O) groups is 2. The number of hydrazine groups is 1. The summed E-state index contributed by atoms with van der Waals surface area (Å²) < 4.78 is 0. The molecule has 4 rings (SSSR count). The average Bonchev–Trinajstić information content (AvgIpc) is 3.47. The number of rotatable bonds is 10. The lowest BCUT2D eigenvalue weighted by Crippen LogP contribution is -2.48. The Morgan fingerprint density at radius 2 is 1.58 bits per heavy atom. The fourth-order valence-corrected chi connectivity index (χ4v) is 4.86. The SMILES string of the molecule is CC(C)NCCNC(=O)CN(CC(=O)N(C)N1Cc2ccccc2C1)c1cccc2c1CCC2.Cl.Cl. The number of nitrogens with one attached hydrogen (secondary N) is 2. The van der Waals surface area contributed by atoms with Crippen LogP contribution in [-0.4, -0.2) is 61.1 Å². The van der Waals surface area contributed by atoms with Crippen molar-refractivity contribution in [3.8, 4) is 0 Å². The number of halogens is 2. The number of hydrogen-bond acceptors (Lipinski definition) is 5. The van der Waals surface area contributed by atoms with Gasteiger partial charge in [-0.3, -0.25) is 14.6 Å². The van der Waals surface area contributed by atoms with Crippen LogP contribution in [0.3, 0.4) is 0 Å². The van der Waals surface area contributed by atoms with Crippen LogP contribution in [0.2, 0.25) is 0 Å². The molecule has 9 heteroatoms. The first-order valence-electron chi connectivity index (χ1n) is 12.4. The lowest BCUT2D eigenvalue weighted by molar-refractivity contribution is -0.145. The molecule has 0 radical (unpaired) electrons. The summed E-state index contributed by atoms with van der Waals surface area (Å²) in [7, 11) is 1.83. The Labute approximate surface area is 227 Å². The van der Waals surface area contributed by atoms with E-state index in [1.54, 1.807) is 5.01 Å². The van der Waals surface area contributed by atoms with Gasteiger partial charge in [-0.05, 0) is 47.6 Å². The highest BCUT2D eigenvalue weighted by Gasteiger charge is 2.28. The van der Waals surface area contributed by atoms with Gasteiger partial charge in [-0.15, -0.1) is 24.8 Å². The highest BCUT2D eigenvalue weighted by Crippen LogP contribution is 2.31. The zero-order valence-corrected chi connectivity index (χ0v) is 23.1. The average molecular weight is 537 g/mol. The molecule has 2 aromatic carbocycles. The van der Waals surface area contributed by atoms with Crippen LogP contribution in [-0.2, 0) is 35.5 Å². The van der Waals surface area contributed by atoms with Crippen molar-refractivity contribution in [2.24, 2.45) is 0 Å². The molecule has 2 aliphatic rings. The summed E-state index contributed by atoms with van der Waals surface area (Å²) in [5, 5.41) is 10.1. The van der Waals surface area contributed by atoms with Crippen LogP contribution in [0.25, 0.3) is 0 Å². The van der Waals surface area contributed by atoms with Gasteiger partial charge in [0.2, 0.25) is 5.91 Å². The lowest BCUT2D eigenvalue weighted by Gasteiger charge is -2.32. The van der Waals surface area contributed by atoms with Crippen LogP contribution in [0.1, 0.15) is 42.5 Å². The first-order valence-corrected chi connectivity index (χ1v) is 12.4. The molecule has 0 saturated carbocycles. The predicted octanol–water partition coefficient (Wildman–Crippen LogP) is 3.33. The minimum absolute atomic E-state index is 0. The summed E-state index contributed by atoms with van der Waals surface area (Å²) >= 11 is 0. The maximum absolute atomic E-state index is 13.4. The van der Waals surface area contributed by atoms with Gasteiger partial charge in [0.05, 0.1) is 13.1 Å². The molecular weight excluding hydrogens is 497 g/mol. The molecule has 0 saturated heterocycles. The van der Waals surface area contributed by atoms with E-state index in [-0.39, 0.29) is 49.7 Å². The Hall–Kier alpha value is -2.32. The molecule has 2 amide bonds. The molecule has 1 aliphatic carbocycles. The smallest absolute Gasteiger partial charge is 0.256 e. The summed E-state index contributed by atoms with van der Waals surface area (Å²) in [6.07, 6.45) is 3.17. The van der Waals surface area contributed by atoms with Crippen LogP contribution in [0.5, 0.6) is 0 Å². The lowest BCUT2D eigenvalue weighted by atomic mass is 10.1. The van der Waals surface area contributed by atoms with E-state index < -0.39 is 0 Å². The molecule has 0 bridgehead atoms. The van der Waals surface area contributed by atoms with Gasteiger partial charge in [0, 0.05) is 45.0 Å². The molecule has 7 nitrogen and oxygen atoms in total. The molecule has 2 aromatic rings. The number of nitrogens with zero attached hydrogens (tertiary/aromatic N) is 3. The molecule has 198 valence electrons. The van der Waals surface area contributed by atoms with E-state index in [9.17, 15) is 9.59 Å². The number of anilines is 1. The first-order chi connectivity index (χ1) is 16.4. The van der Waals surface area contributed by atoms with E-state index in [4.69, 9.17) is 0 Å². The highest BCUT2D eigenvalue weighted by molar-refractivity contribution is 5.87. The third-order valence-electron chi connectivity index (χ3n) is 6.73. The molecule has 0 fully saturated rings. The number of hydrogen-bond donors (Lipinski definition) is 2. The third kappa shape index (κ3) is 7.35. The Balaban J connectivity index is 0.00000228. The van der Waals surface area contributed by atoms with Gasteiger partial charge in [-0.2, -0.15) is 0 Å². The number of amides is 2. The van der Waals surface area contributed by atoms with Gasteiger partial charge in [-0.25, -0.2) is 5.01 Å². The van der Waals surface area contributed by atoms with Crippen molar-refractivity contribution in [2.75, 3.05) is 38.1 Å². The Morgan fingerprint density at radius 3 is 2.25 bits per heavy atom. The molecule has 0 atom stereocenters. The second-order valence-electron chi connectivity index (χ2n) is 9.59. The van der Waals surface area contributed by atoms with Gasteiger partial charge in [0.15, 0.2) is 0 Å². The summed E-state index contributed by atoms with van der Waals surface area (Å²) in [6, 6.07) is 15.0. The largest absolute Gasteiger partial charge is 0.353 e. The Kier molecular flexibility index (Phi) is 11.5. The first kappa shape index (κ1) is 29.9. The zero-order chi connectivity index (χ0) is 24.1. The number of likely N-dealkylation sites (N-methyl/N-ethyl adjacent to an activating group) is 1. The molecule has 0 unspecified atom stereocenters. The molecule has 0 spiro atoms. The quantitative estimate of drug-likeness (QED) is 0.456. The van der Waals surface area contributed by atoms with Crippen LogP contribution < -0.4 is 15.5 Å². The number of benzene rings is 2. The van der Waals surface area contributed by atoms with Crippen LogP contribution >= 0.6 is 24.8 Å². The van der Waals surface area contributed by atoms with E-state index >= 15 is 0 Å². The maximum Gasteiger partial charge on any atom is 0.256 e. The third-order valence-corrected chi connectivity index (χ3v) is 6.73. The topological polar surface area (TPSA) is 67.9 Å². The second kappa shape index (κ2) is 13.8. The van der Waals surface area contributed by atoms with E-state index in [2.05, 4.69) is 53.8 Å². The molecule has 2 N–H and O–H groups in total. The number of fused-ring (bicyclic) bond motifs is 2. The van der Waals surface area contributed by atoms with Gasteiger partial charge in [0.25, 0.3) is 5.91 Å². The molecule has 1 aliphatic heterocycles. The monoisotopic (exact) mass is 535 g/mol. The van der Waals surface area contributed by atoms with Crippen molar-refractivity contribution < 1.29 is 9.59 Å². The second-order valence-corrected chi connectivity index (χ2v) is 9.59. The Morgan fingerprint density at radius 1 is 0.917 bits per heavy atom. The molecule has 0 aromatic heterocycles. The van der Waals surface area contributed by atoms with Crippen LogP contribution in [0.15, 0.2) is 42.5 Å². The number of aryl methyl sites for hydroxylation is 1. The van der Waals surface area contributed by atoms with Crippen molar-refractivity contribution in [3.63, 3.8) is 0 Å². The highest BCUT2D eigenvalue weighted by atomic mass is 35.5. The molecule has 1 heterocycles. The minimum atomic E-state index is -0.0646. The van der Waals surface area contributed by atoms with Gasteiger partial charge in [0.1, 0.15) is 0 Å². The molecule has 36 heavy (non-hydrogen) atoms. The van der Waals surface area contributed by atoms with Crippen molar-refractivity contribution >= 4 is 42.3 Å². The molecular formula is C27H39Cl2N5O2. The normalized spacial score (nSPS) is 13.9. The van der Waals surface area contributed by atoms with Crippen molar-refractivity contribution in [1.29, 1.82) is 0 Å². The van der Waals surface area contributed by atoms with Gasteiger partial charge >= 0.3 is 0 Å². The fraction of sp³-hybridized carbons (Fsp3) is 0.481. The van der Waals surface area contributed by atoms with Gasteiger partial charge in [-0.1, -0.05) is 50.2 Å². The Bertz CT molecular complexity index is 1010. The standard InChI is InChI=1S/C27H37N5O2.2ClH/c1-20(2)28-14-15-29-26(33)18-31(25-13-7-11-21-10-6-12-24(21)25)19-27(34)30(3)32-16-22-8-4-5-9-23(22)17-32;;/h4-5,7-9,11,13,20,28H,6,10,12,14-19H2,1-3H3,(H,29,33);2*1H.